The highest BCUT2D eigenvalue weighted by atomic mass is 16.4. The van der Waals surface area contributed by atoms with Gasteiger partial charge in [0, 0.05) is 31.2 Å². The number of anilines is 1. The van der Waals surface area contributed by atoms with Crippen LogP contribution in [0.15, 0.2) is 4.42 Å². The first kappa shape index (κ1) is 12.6. The van der Waals surface area contributed by atoms with Gasteiger partial charge in [-0.15, -0.1) is 5.10 Å². The lowest BCUT2D eigenvalue weighted by molar-refractivity contribution is 0.197. The van der Waals surface area contributed by atoms with E-state index in [4.69, 9.17) is 4.42 Å². The van der Waals surface area contributed by atoms with Crippen LogP contribution < -0.4 is 10.2 Å². The summed E-state index contributed by atoms with van der Waals surface area (Å²) in [5.41, 5.74) is 0. The van der Waals surface area contributed by atoms with Crippen LogP contribution in [0, 0.1) is 0 Å². The molecule has 110 valence electrons. The number of piperazine rings is 1. The Bertz CT molecular complexity index is 472. The van der Waals surface area contributed by atoms with E-state index in [1.807, 2.05) is 0 Å². The lowest BCUT2D eigenvalue weighted by atomic mass is 10.1. The standard InChI is InChI=1S/C14H23N5O/c1-10-8-18-6-2-3-12(18)9-19(10)14-17-16-13(20-14)7-15-11-4-5-11/h10-12,15H,2-9H2,1H3. The van der Waals surface area contributed by atoms with Gasteiger partial charge in [0.15, 0.2) is 0 Å². The van der Waals surface area contributed by atoms with Crippen molar-refractivity contribution in [1.29, 1.82) is 0 Å². The van der Waals surface area contributed by atoms with Gasteiger partial charge in [-0.3, -0.25) is 4.90 Å². The number of hydrogen-bond acceptors (Lipinski definition) is 6. The van der Waals surface area contributed by atoms with Crippen LogP contribution >= 0.6 is 0 Å². The molecule has 0 amide bonds. The smallest absolute Gasteiger partial charge is 0.318 e. The minimum absolute atomic E-state index is 0.453. The molecule has 2 atom stereocenters. The van der Waals surface area contributed by atoms with Crippen LogP contribution in [0.3, 0.4) is 0 Å². The summed E-state index contributed by atoms with van der Waals surface area (Å²) >= 11 is 0. The second-order valence-corrected chi connectivity index (χ2v) is 6.43. The fourth-order valence-electron chi connectivity index (χ4n) is 3.41. The number of nitrogens with zero attached hydrogens (tertiary/aromatic N) is 4. The highest BCUT2D eigenvalue weighted by Crippen LogP contribution is 2.28. The van der Waals surface area contributed by atoms with E-state index < -0.39 is 0 Å². The molecule has 0 radical (unpaired) electrons. The molecule has 3 heterocycles. The predicted octanol–water partition coefficient (Wildman–Crippen LogP) is 0.994. The summed E-state index contributed by atoms with van der Waals surface area (Å²) in [6.07, 6.45) is 5.18. The van der Waals surface area contributed by atoms with Gasteiger partial charge in [0.1, 0.15) is 0 Å². The number of rotatable bonds is 4. The Hall–Kier alpha value is -1.14. The molecule has 3 aliphatic rings. The third kappa shape index (κ3) is 2.42. The highest BCUT2D eigenvalue weighted by Gasteiger charge is 2.36. The molecule has 0 bridgehead atoms. The lowest BCUT2D eigenvalue weighted by Crippen LogP contribution is -2.55. The first-order valence-corrected chi connectivity index (χ1v) is 7.86. The van der Waals surface area contributed by atoms with Gasteiger partial charge in [-0.1, -0.05) is 5.10 Å². The predicted molar refractivity (Wildman–Crippen MR) is 75.6 cm³/mol. The van der Waals surface area contributed by atoms with Crippen LogP contribution in [0.5, 0.6) is 0 Å². The van der Waals surface area contributed by atoms with E-state index >= 15 is 0 Å². The Balaban J connectivity index is 1.42. The van der Waals surface area contributed by atoms with Crippen molar-refractivity contribution in [2.24, 2.45) is 0 Å². The van der Waals surface area contributed by atoms with E-state index in [9.17, 15) is 0 Å². The Labute approximate surface area is 119 Å². The fourth-order valence-corrected chi connectivity index (χ4v) is 3.41. The SMILES string of the molecule is CC1CN2CCCC2CN1c1nnc(CNC2CC2)o1. The second-order valence-electron chi connectivity index (χ2n) is 6.43. The molecule has 4 rings (SSSR count). The zero-order valence-electron chi connectivity index (χ0n) is 12.1. The Morgan fingerprint density at radius 1 is 1.25 bits per heavy atom. The fraction of sp³-hybridized carbons (Fsp3) is 0.857. The molecule has 6 heteroatoms. The van der Waals surface area contributed by atoms with E-state index in [1.165, 1.54) is 32.2 Å². The minimum atomic E-state index is 0.453. The van der Waals surface area contributed by atoms with Crippen LogP contribution in [-0.2, 0) is 6.54 Å². The molecule has 0 spiro atoms. The third-order valence-electron chi connectivity index (χ3n) is 4.76. The van der Waals surface area contributed by atoms with Crippen LogP contribution in [0.2, 0.25) is 0 Å². The first-order chi connectivity index (χ1) is 9.79. The molecular formula is C14H23N5O. The maximum Gasteiger partial charge on any atom is 0.318 e. The van der Waals surface area contributed by atoms with Gasteiger partial charge in [-0.2, -0.15) is 0 Å². The second kappa shape index (κ2) is 5.00. The molecule has 0 aromatic carbocycles. The lowest BCUT2D eigenvalue weighted by Gasteiger charge is -2.41. The van der Waals surface area contributed by atoms with E-state index in [1.54, 1.807) is 0 Å². The van der Waals surface area contributed by atoms with E-state index in [-0.39, 0.29) is 0 Å². The van der Waals surface area contributed by atoms with E-state index in [0.29, 0.717) is 36.6 Å². The summed E-state index contributed by atoms with van der Waals surface area (Å²) in [7, 11) is 0. The average molecular weight is 277 g/mol. The number of hydrogen-bond donors (Lipinski definition) is 1. The zero-order chi connectivity index (χ0) is 13.5. The molecule has 2 aliphatic heterocycles. The largest absolute Gasteiger partial charge is 0.407 e. The summed E-state index contributed by atoms with van der Waals surface area (Å²) in [5, 5.41) is 11.8. The summed E-state index contributed by atoms with van der Waals surface area (Å²) in [6.45, 7) is 6.35. The highest BCUT2D eigenvalue weighted by molar-refractivity contribution is 5.29. The van der Waals surface area contributed by atoms with E-state index in [2.05, 4.69) is 32.2 Å². The Morgan fingerprint density at radius 3 is 3.00 bits per heavy atom. The van der Waals surface area contributed by atoms with Crippen molar-refractivity contribution in [2.75, 3.05) is 24.5 Å². The molecule has 1 aromatic rings. The van der Waals surface area contributed by atoms with Gasteiger partial charge in [-0.25, -0.2) is 0 Å². The molecule has 1 N–H and O–H groups in total. The van der Waals surface area contributed by atoms with Crippen molar-refractivity contribution >= 4 is 6.01 Å². The Kier molecular flexibility index (Phi) is 3.15. The minimum Gasteiger partial charge on any atom is -0.407 e. The summed E-state index contributed by atoms with van der Waals surface area (Å²) in [5.74, 6) is 0.716. The number of nitrogens with one attached hydrogen (secondary N) is 1. The van der Waals surface area contributed by atoms with Gasteiger partial charge >= 0.3 is 6.01 Å². The summed E-state index contributed by atoms with van der Waals surface area (Å²) < 4.78 is 5.84. The van der Waals surface area contributed by atoms with Crippen molar-refractivity contribution in [3.63, 3.8) is 0 Å². The summed E-state index contributed by atoms with van der Waals surface area (Å²) in [6, 6.07) is 2.50. The third-order valence-corrected chi connectivity index (χ3v) is 4.76. The van der Waals surface area contributed by atoms with Crippen molar-refractivity contribution in [1.82, 2.24) is 20.4 Å². The normalized spacial score (nSPS) is 30.8. The van der Waals surface area contributed by atoms with Gasteiger partial charge in [-0.05, 0) is 39.2 Å². The molecular weight excluding hydrogens is 254 g/mol. The maximum absolute atomic E-state index is 5.84. The van der Waals surface area contributed by atoms with Crippen LogP contribution in [0.25, 0.3) is 0 Å². The monoisotopic (exact) mass is 277 g/mol. The topological polar surface area (TPSA) is 57.4 Å². The quantitative estimate of drug-likeness (QED) is 0.886. The van der Waals surface area contributed by atoms with Crippen LogP contribution in [-0.4, -0.2) is 52.9 Å². The van der Waals surface area contributed by atoms with Gasteiger partial charge in [0.25, 0.3) is 0 Å². The van der Waals surface area contributed by atoms with Crippen molar-refractivity contribution < 1.29 is 4.42 Å². The zero-order valence-corrected chi connectivity index (χ0v) is 12.1. The van der Waals surface area contributed by atoms with Crippen LogP contribution in [0.4, 0.5) is 6.01 Å². The van der Waals surface area contributed by atoms with Gasteiger partial charge < -0.3 is 14.6 Å². The van der Waals surface area contributed by atoms with Crippen LogP contribution in [0.1, 0.15) is 38.5 Å². The van der Waals surface area contributed by atoms with Crippen molar-refractivity contribution in [3.8, 4) is 0 Å². The molecule has 2 unspecified atom stereocenters. The molecule has 6 nitrogen and oxygen atoms in total. The van der Waals surface area contributed by atoms with E-state index in [0.717, 1.165) is 13.1 Å². The van der Waals surface area contributed by atoms with Crippen molar-refractivity contribution in [3.05, 3.63) is 5.89 Å². The van der Waals surface area contributed by atoms with Gasteiger partial charge in [0.05, 0.1) is 6.54 Å². The molecule has 20 heavy (non-hydrogen) atoms. The summed E-state index contributed by atoms with van der Waals surface area (Å²) in [4.78, 5) is 4.90. The molecule has 1 aliphatic carbocycles. The molecule has 1 aromatic heterocycles. The average Bonchev–Trinajstić information content (AvgIpc) is 2.97. The number of aromatic nitrogens is 2. The van der Waals surface area contributed by atoms with Gasteiger partial charge in [0.2, 0.25) is 5.89 Å². The molecule has 1 saturated carbocycles. The first-order valence-electron chi connectivity index (χ1n) is 7.86. The maximum atomic E-state index is 5.84. The number of fused-ring (bicyclic) bond motifs is 1. The molecule has 2 saturated heterocycles. The van der Waals surface area contributed by atoms with Crippen molar-refractivity contribution in [2.45, 2.75) is 57.3 Å². The molecule has 3 fully saturated rings. The Morgan fingerprint density at radius 2 is 2.15 bits per heavy atom.